The van der Waals surface area contributed by atoms with Crippen molar-refractivity contribution < 1.29 is 9.52 Å². The Morgan fingerprint density at radius 2 is 1.95 bits per heavy atom. The van der Waals surface area contributed by atoms with Crippen molar-refractivity contribution in [1.29, 1.82) is 0 Å². The van der Waals surface area contributed by atoms with Crippen molar-refractivity contribution >= 4 is 16.8 Å². The largest absolute Gasteiger partial charge is 0.507 e. The topological polar surface area (TPSA) is 72.3 Å². The fourth-order valence-electron chi connectivity index (χ4n) is 2.06. The molecule has 0 saturated heterocycles. The average Bonchev–Trinajstić information content (AvgIpc) is 2.81. The lowest BCUT2D eigenvalue weighted by Crippen LogP contribution is -1.86. The average molecular weight is 254 g/mol. The van der Waals surface area contributed by atoms with Gasteiger partial charge in [0.25, 0.3) is 0 Å². The van der Waals surface area contributed by atoms with Crippen LogP contribution in [0.2, 0.25) is 0 Å². The van der Waals surface area contributed by atoms with Crippen LogP contribution in [0.4, 0.5) is 5.69 Å². The number of anilines is 1. The van der Waals surface area contributed by atoms with Gasteiger partial charge in [-0.2, -0.15) is 0 Å². The summed E-state index contributed by atoms with van der Waals surface area (Å²) in [6.07, 6.45) is 0. The number of oxazole rings is 1. The molecule has 0 bridgehead atoms. The Morgan fingerprint density at radius 3 is 2.74 bits per heavy atom. The summed E-state index contributed by atoms with van der Waals surface area (Å²) in [7, 11) is 0. The Hall–Kier alpha value is -2.49. The van der Waals surface area contributed by atoms with E-state index in [2.05, 4.69) is 4.98 Å². The molecule has 0 atom stereocenters. The van der Waals surface area contributed by atoms with Crippen LogP contribution < -0.4 is 5.73 Å². The number of aromatic nitrogens is 1. The van der Waals surface area contributed by atoms with Gasteiger partial charge in [-0.25, -0.2) is 4.98 Å². The molecule has 3 aromatic rings. The van der Waals surface area contributed by atoms with Gasteiger partial charge in [-0.1, -0.05) is 6.07 Å². The number of hydrogen-bond donors (Lipinski definition) is 2. The Balaban J connectivity index is 2.26. The highest BCUT2D eigenvalue weighted by atomic mass is 16.3. The highest BCUT2D eigenvalue weighted by Crippen LogP contribution is 2.33. The quantitative estimate of drug-likeness (QED) is 0.515. The number of benzene rings is 2. The second-order valence-electron chi connectivity index (χ2n) is 4.65. The Labute approximate surface area is 110 Å². The zero-order valence-electron chi connectivity index (χ0n) is 10.8. The summed E-state index contributed by atoms with van der Waals surface area (Å²) in [4.78, 5) is 4.40. The van der Waals surface area contributed by atoms with Gasteiger partial charge in [0.2, 0.25) is 5.89 Å². The van der Waals surface area contributed by atoms with Crippen molar-refractivity contribution in [3.63, 3.8) is 0 Å². The zero-order valence-corrected chi connectivity index (χ0v) is 10.8. The third-order valence-electron chi connectivity index (χ3n) is 3.33. The number of rotatable bonds is 1. The summed E-state index contributed by atoms with van der Waals surface area (Å²) in [6, 6.07) is 8.74. The van der Waals surface area contributed by atoms with E-state index in [1.54, 1.807) is 12.1 Å². The second-order valence-corrected chi connectivity index (χ2v) is 4.65. The van der Waals surface area contributed by atoms with E-state index in [1.165, 1.54) is 6.07 Å². The number of hydrogen-bond acceptors (Lipinski definition) is 4. The van der Waals surface area contributed by atoms with Gasteiger partial charge in [0.05, 0.1) is 5.56 Å². The molecule has 0 radical (unpaired) electrons. The molecule has 4 nitrogen and oxygen atoms in total. The standard InChI is InChI=1S/C15H14N2O2/c1-8-3-5-12-14(9(8)2)19-15(17-12)11-7-10(16)4-6-13(11)18/h3-7,18H,16H2,1-2H3. The molecule has 1 heterocycles. The van der Waals surface area contributed by atoms with Crippen LogP contribution in [0.5, 0.6) is 5.75 Å². The van der Waals surface area contributed by atoms with Gasteiger partial charge in [0.15, 0.2) is 5.58 Å². The SMILES string of the molecule is Cc1ccc2nc(-c3cc(N)ccc3O)oc2c1C. The molecule has 3 N–H and O–H groups in total. The van der Waals surface area contributed by atoms with Crippen LogP contribution in [0.25, 0.3) is 22.6 Å². The molecule has 96 valence electrons. The van der Waals surface area contributed by atoms with Crippen molar-refractivity contribution in [3.05, 3.63) is 41.5 Å². The molecule has 4 heteroatoms. The van der Waals surface area contributed by atoms with E-state index < -0.39 is 0 Å². The molecule has 0 fully saturated rings. The maximum absolute atomic E-state index is 9.88. The number of nitrogen functional groups attached to an aromatic ring is 1. The number of phenolic OH excluding ortho intramolecular Hbond substituents is 1. The first-order chi connectivity index (χ1) is 9.06. The van der Waals surface area contributed by atoms with Crippen LogP contribution in [-0.4, -0.2) is 10.1 Å². The van der Waals surface area contributed by atoms with Crippen LogP contribution in [0.15, 0.2) is 34.7 Å². The van der Waals surface area contributed by atoms with Crippen molar-refractivity contribution in [3.8, 4) is 17.2 Å². The van der Waals surface area contributed by atoms with Crippen molar-refractivity contribution in [2.75, 3.05) is 5.73 Å². The minimum Gasteiger partial charge on any atom is -0.507 e. The molecular weight excluding hydrogens is 240 g/mol. The lowest BCUT2D eigenvalue weighted by Gasteiger charge is -2.01. The maximum Gasteiger partial charge on any atom is 0.231 e. The third kappa shape index (κ3) is 1.81. The zero-order chi connectivity index (χ0) is 13.6. The fourth-order valence-corrected chi connectivity index (χ4v) is 2.06. The van der Waals surface area contributed by atoms with Crippen LogP contribution in [0.1, 0.15) is 11.1 Å². The minimum atomic E-state index is 0.107. The first-order valence-corrected chi connectivity index (χ1v) is 6.02. The lowest BCUT2D eigenvalue weighted by molar-refractivity contribution is 0.474. The van der Waals surface area contributed by atoms with Gasteiger partial charge < -0.3 is 15.3 Å². The Morgan fingerprint density at radius 1 is 1.16 bits per heavy atom. The van der Waals surface area contributed by atoms with Gasteiger partial charge >= 0.3 is 0 Å². The summed E-state index contributed by atoms with van der Waals surface area (Å²) in [5.74, 6) is 0.489. The monoisotopic (exact) mass is 254 g/mol. The van der Waals surface area contributed by atoms with E-state index in [1.807, 2.05) is 26.0 Å². The smallest absolute Gasteiger partial charge is 0.231 e. The number of aromatic hydroxyl groups is 1. The number of fused-ring (bicyclic) bond motifs is 1. The summed E-state index contributed by atoms with van der Waals surface area (Å²) in [5, 5.41) is 9.88. The molecule has 0 amide bonds. The van der Waals surface area contributed by atoms with E-state index in [0.717, 1.165) is 22.2 Å². The predicted octanol–water partition coefficient (Wildman–Crippen LogP) is 3.40. The van der Waals surface area contributed by atoms with Crippen LogP contribution in [0, 0.1) is 13.8 Å². The number of aryl methyl sites for hydroxylation is 2. The summed E-state index contributed by atoms with van der Waals surface area (Å²) < 4.78 is 5.77. The van der Waals surface area contributed by atoms with Gasteiger partial charge in [-0.3, -0.25) is 0 Å². The first kappa shape index (κ1) is 11.6. The van der Waals surface area contributed by atoms with Crippen molar-refractivity contribution in [1.82, 2.24) is 4.98 Å². The Bertz CT molecular complexity index is 775. The molecular formula is C15H14N2O2. The van der Waals surface area contributed by atoms with Gasteiger partial charge in [0.1, 0.15) is 11.3 Å². The van der Waals surface area contributed by atoms with E-state index in [0.29, 0.717) is 17.1 Å². The van der Waals surface area contributed by atoms with Gasteiger partial charge in [0, 0.05) is 5.69 Å². The molecule has 19 heavy (non-hydrogen) atoms. The molecule has 3 rings (SSSR count). The van der Waals surface area contributed by atoms with E-state index in [9.17, 15) is 5.11 Å². The normalized spacial score (nSPS) is 11.1. The molecule has 0 saturated carbocycles. The van der Waals surface area contributed by atoms with E-state index >= 15 is 0 Å². The van der Waals surface area contributed by atoms with E-state index in [4.69, 9.17) is 10.2 Å². The Kier molecular flexibility index (Phi) is 2.45. The van der Waals surface area contributed by atoms with Gasteiger partial charge in [-0.05, 0) is 49.2 Å². The molecule has 0 unspecified atom stereocenters. The molecule has 0 aliphatic heterocycles. The molecule has 0 aliphatic rings. The molecule has 2 aromatic carbocycles. The highest BCUT2D eigenvalue weighted by Gasteiger charge is 2.14. The summed E-state index contributed by atoms with van der Waals surface area (Å²) in [5.41, 5.74) is 10.5. The number of phenols is 1. The summed E-state index contributed by atoms with van der Waals surface area (Å²) >= 11 is 0. The van der Waals surface area contributed by atoms with Gasteiger partial charge in [-0.15, -0.1) is 0 Å². The van der Waals surface area contributed by atoms with E-state index in [-0.39, 0.29) is 5.75 Å². The number of nitrogens with two attached hydrogens (primary N) is 1. The third-order valence-corrected chi connectivity index (χ3v) is 3.33. The first-order valence-electron chi connectivity index (χ1n) is 6.02. The van der Waals surface area contributed by atoms with Crippen molar-refractivity contribution in [2.45, 2.75) is 13.8 Å². The fraction of sp³-hybridized carbons (Fsp3) is 0.133. The number of nitrogens with zero attached hydrogens (tertiary/aromatic N) is 1. The minimum absolute atomic E-state index is 0.107. The molecule has 0 spiro atoms. The lowest BCUT2D eigenvalue weighted by atomic mass is 10.1. The van der Waals surface area contributed by atoms with Crippen LogP contribution >= 0.6 is 0 Å². The molecule has 1 aromatic heterocycles. The molecule has 0 aliphatic carbocycles. The summed E-state index contributed by atoms with van der Waals surface area (Å²) in [6.45, 7) is 4.01. The van der Waals surface area contributed by atoms with Crippen LogP contribution in [0.3, 0.4) is 0 Å². The van der Waals surface area contributed by atoms with Crippen molar-refractivity contribution in [2.24, 2.45) is 0 Å². The highest BCUT2D eigenvalue weighted by molar-refractivity contribution is 5.81. The van der Waals surface area contributed by atoms with Crippen LogP contribution in [-0.2, 0) is 0 Å². The second kappa shape index (κ2) is 4.02. The predicted molar refractivity (Wildman–Crippen MR) is 75.0 cm³/mol. The maximum atomic E-state index is 9.88.